The number of nitrogens with one attached hydrogen (secondary N) is 1. The first-order valence-electron chi connectivity index (χ1n) is 8.85. The van der Waals surface area contributed by atoms with Crippen LogP contribution < -0.4 is 19.7 Å². The van der Waals surface area contributed by atoms with Crippen molar-refractivity contribution in [1.29, 1.82) is 0 Å². The van der Waals surface area contributed by atoms with Crippen LogP contribution in [0.4, 0.5) is 11.4 Å². The highest BCUT2D eigenvalue weighted by molar-refractivity contribution is 6.03. The third-order valence-electron chi connectivity index (χ3n) is 4.32. The summed E-state index contributed by atoms with van der Waals surface area (Å²) in [6, 6.07) is 19.0. The quantitative estimate of drug-likeness (QED) is 0.675. The smallest absolute Gasteiger partial charge is 0.274 e. The van der Waals surface area contributed by atoms with E-state index in [2.05, 4.69) is 27.3 Å². The van der Waals surface area contributed by atoms with Crippen LogP contribution in [0.1, 0.15) is 16.1 Å². The standard InChI is InChI=1S/C22H23N3O3/c1-25(15-16-7-5-4-6-8-16)18-11-12-23-19(14-18)22(26)24-17-9-10-20(27-2)21(13-17)28-3/h4-14H,15H2,1-3H3,(H,24,26). The summed E-state index contributed by atoms with van der Waals surface area (Å²) in [5.41, 5.74) is 3.05. The van der Waals surface area contributed by atoms with Crippen LogP contribution in [0.5, 0.6) is 11.5 Å². The number of carbonyl (C=O) groups is 1. The second-order valence-electron chi connectivity index (χ2n) is 6.26. The normalized spacial score (nSPS) is 10.2. The van der Waals surface area contributed by atoms with Gasteiger partial charge in [0.2, 0.25) is 0 Å². The molecule has 2 aromatic carbocycles. The molecule has 0 saturated carbocycles. The van der Waals surface area contributed by atoms with Crippen molar-refractivity contribution in [3.05, 3.63) is 78.1 Å². The van der Waals surface area contributed by atoms with Crippen molar-refractivity contribution < 1.29 is 14.3 Å². The maximum absolute atomic E-state index is 12.6. The zero-order valence-electron chi connectivity index (χ0n) is 16.2. The van der Waals surface area contributed by atoms with E-state index in [-0.39, 0.29) is 5.91 Å². The van der Waals surface area contributed by atoms with Gasteiger partial charge < -0.3 is 19.7 Å². The van der Waals surface area contributed by atoms with Gasteiger partial charge in [-0.05, 0) is 29.8 Å². The highest BCUT2D eigenvalue weighted by Gasteiger charge is 2.12. The number of anilines is 2. The highest BCUT2D eigenvalue weighted by atomic mass is 16.5. The number of aromatic nitrogens is 1. The Kier molecular flexibility index (Phi) is 6.11. The Morgan fingerprint density at radius 2 is 1.75 bits per heavy atom. The molecular formula is C22H23N3O3. The molecule has 28 heavy (non-hydrogen) atoms. The molecular weight excluding hydrogens is 354 g/mol. The number of carbonyl (C=O) groups excluding carboxylic acids is 1. The predicted octanol–water partition coefficient (Wildman–Crippen LogP) is 3.99. The number of ether oxygens (including phenoxy) is 2. The van der Waals surface area contributed by atoms with Crippen molar-refractivity contribution in [3.63, 3.8) is 0 Å². The number of rotatable bonds is 7. The number of benzene rings is 2. The number of hydrogen-bond acceptors (Lipinski definition) is 5. The average molecular weight is 377 g/mol. The third-order valence-corrected chi connectivity index (χ3v) is 4.32. The van der Waals surface area contributed by atoms with Crippen LogP contribution in [0.2, 0.25) is 0 Å². The second kappa shape index (κ2) is 8.90. The molecule has 0 aliphatic heterocycles. The fourth-order valence-corrected chi connectivity index (χ4v) is 2.84. The Bertz CT molecular complexity index is 945. The van der Waals surface area contributed by atoms with Gasteiger partial charge in [0.15, 0.2) is 11.5 Å². The van der Waals surface area contributed by atoms with Gasteiger partial charge in [0, 0.05) is 37.2 Å². The van der Waals surface area contributed by atoms with E-state index in [0.29, 0.717) is 22.9 Å². The maximum Gasteiger partial charge on any atom is 0.274 e. The summed E-state index contributed by atoms with van der Waals surface area (Å²) < 4.78 is 10.5. The first-order chi connectivity index (χ1) is 13.6. The molecule has 144 valence electrons. The topological polar surface area (TPSA) is 63.7 Å². The molecule has 0 aliphatic carbocycles. The van der Waals surface area contributed by atoms with Crippen LogP contribution in [-0.4, -0.2) is 32.2 Å². The van der Waals surface area contributed by atoms with E-state index in [1.54, 1.807) is 44.7 Å². The van der Waals surface area contributed by atoms with Crippen LogP contribution in [-0.2, 0) is 6.54 Å². The van der Waals surface area contributed by atoms with E-state index in [1.807, 2.05) is 31.3 Å². The monoisotopic (exact) mass is 377 g/mol. The van der Waals surface area contributed by atoms with E-state index in [4.69, 9.17) is 9.47 Å². The zero-order chi connectivity index (χ0) is 19.9. The average Bonchev–Trinajstić information content (AvgIpc) is 2.74. The van der Waals surface area contributed by atoms with Gasteiger partial charge in [-0.1, -0.05) is 30.3 Å². The lowest BCUT2D eigenvalue weighted by atomic mass is 10.2. The molecule has 6 heteroatoms. The largest absolute Gasteiger partial charge is 0.493 e. The molecule has 0 bridgehead atoms. The summed E-state index contributed by atoms with van der Waals surface area (Å²) in [5, 5.41) is 2.84. The lowest BCUT2D eigenvalue weighted by Gasteiger charge is -2.19. The molecule has 1 aromatic heterocycles. The van der Waals surface area contributed by atoms with Gasteiger partial charge in [0.05, 0.1) is 14.2 Å². The molecule has 1 N–H and O–H groups in total. The van der Waals surface area contributed by atoms with Crippen molar-refractivity contribution in [2.75, 3.05) is 31.5 Å². The lowest BCUT2D eigenvalue weighted by Crippen LogP contribution is -2.18. The van der Waals surface area contributed by atoms with E-state index in [0.717, 1.165) is 12.2 Å². The minimum Gasteiger partial charge on any atom is -0.493 e. The van der Waals surface area contributed by atoms with Crippen LogP contribution in [0.25, 0.3) is 0 Å². The minimum atomic E-state index is -0.290. The number of pyridine rings is 1. The number of nitrogens with zero attached hydrogens (tertiary/aromatic N) is 2. The lowest BCUT2D eigenvalue weighted by molar-refractivity contribution is 0.102. The fourth-order valence-electron chi connectivity index (χ4n) is 2.84. The van der Waals surface area contributed by atoms with Gasteiger partial charge >= 0.3 is 0 Å². The van der Waals surface area contributed by atoms with Crippen LogP contribution >= 0.6 is 0 Å². The SMILES string of the molecule is COc1ccc(NC(=O)c2cc(N(C)Cc3ccccc3)ccn2)cc1OC. The third kappa shape index (κ3) is 4.59. The molecule has 1 amide bonds. The molecule has 0 atom stereocenters. The summed E-state index contributed by atoms with van der Waals surface area (Å²) in [4.78, 5) is 18.9. The van der Waals surface area contributed by atoms with Gasteiger partial charge in [-0.3, -0.25) is 9.78 Å². The molecule has 1 heterocycles. The molecule has 0 aliphatic rings. The van der Waals surface area contributed by atoms with Crippen molar-refractivity contribution in [3.8, 4) is 11.5 Å². The fraction of sp³-hybridized carbons (Fsp3) is 0.182. The summed E-state index contributed by atoms with van der Waals surface area (Å²) in [6.45, 7) is 0.738. The summed E-state index contributed by atoms with van der Waals surface area (Å²) >= 11 is 0. The van der Waals surface area contributed by atoms with E-state index >= 15 is 0 Å². The Morgan fingerprint density at radius 1 is 1.00 bits per heavy atom. The van der Waals surface area contributed by atoms with Crippen LogP contribution in [0, 0.1) is 0 Å². The summed E-state index contributed by atoms with van der Waals surface area (Å²) in [6.07, 6.45) is 1.64. The van der Waals surface area contributed by atoms with Gasteiger partial charge in [-0.2, -0.15) is 0 Å². The Balaban J connectivity index is 1.73. The van der Waals surface area contributed by atoms with Gasteiger partial charge in [0.25, 0.3) is 5.91 Å². The van der Waals surface area contributed by atoms with Gasteiger partial charge in [-0.15, -0.1) is 0 Å². The van der Waals surface area contributed by atoms with E-state index < -0.39 is 0 Å². The highest BCUT2D eigenvalue weighted by Crippen LogP contribution is 2.30. The molecule has 0 radical (unpaired) electrons. The van der Waals surface area contributed by atoms with E-state index in [9.17, 15) is 4.79 Å². The Morgan fingerprint density at radius 3 is 2.46 bits per heavy atom. The minimum absolute atomic E-state index is 0.290. The molecule has 3 aromatic rings. The molecule has 0 unspecified atom stereocenters. The Hall–Kier alpha value is -3.54. The first-order valence-corrected chi connectivity index (χ1v) is 8.85. The zero-order valence-corrected chi connectivity index (χ0v) is 16.2. The number of hydrogen-bond donors (Lipinski definition) is 1. The molecule has 0 spiro atoms. The van der Waals surface area contributed by atoms with Crippen molar-refractivity contribution in [2.45, 2.75) is 6.54 Å². The van der Waals surface area contributed by atoms with Crippen LogP contribution in [0.15, 0.2) is 66.9 Å². The van der Waals surface area contributed by atoms with E-state index in [1.165, 1.54) is 5.56 Å². The van der Waals surface area contributed by atoms with Crippen molar-refractivity contribution in [2.24, 2.45) is 0 Å². The molecule has 3 rings (SSSR count). The van der Waals surface area contributed by atoms with Gasteiger partial charge in [0.1, 0.15) is 5.69 Å². The molecule has 6 nitrogen and oxygen atoms in total. The molecule has 0 saturated heterocycles. The maximum atomic E-state index is 12.6. The number of amides is 1. The summed E-state index contributed by atoms with van der Waals surface area (Å²) in [7, 11) is 5.10. The predicted molar refractivity (Wildman–Crippen MR) is 110 cm³/mol. The Labute approximate surface area is 164 Å². The van der Waals surface area contributed by atoms with Crippen molar-refractivity contribution >= 4 is 17.3 Å². The van der Waals surface area contributed by atoms with Crippen molar-refractivity contribution in [1.82, 2.24) is 4.98 Å². The van der Waals surface area contributed by atoms with Crippen LogP contribution in [0.3, 0.4) is 0 Å². The number of methoxy groups -OCH3 is 2. The first kappa shape index (κ1) is 19.2. The van der Waals surface area contributed by atoms with Gasteiger partial charge in [-0.25, -0.2) is 0 Å². The summed E-state index contributed by atoms with van der Waals surface area (Å²) in [5.74, 6) is 0.856. The second-order valence-corrected chi connectivity index (χ2v) is 6.26. The molecule has 0 fully saturated rings.